The van der Waals surface area contributed by atoms with E-state index in [0.29, 0.717) is 16.3 Å². The van der Waals surface area contributed by atoms with Crippen molar-refractivity contribution in [2.24, 2.45) is 0 Å². The molecule has 0 N–H and O–H groups in total. The minimum atomic E-state index is -0.158. The molecule has 0 saturated heterocycles. The van der Waals surface area contributed by atoms with E-state index in [4.69, 9.17) is 11.6 Å². The highest BCUT2D eigenvalue weighted by molar-refractivity contribution is 6.32. The van der Waals surface area contributed by atoms with Gasteiger partial charge >= 0.3 is 0 Å². The van der Waals surface area contributed by atoms with E-state index in [9.17, 15) is 4.79 Å². The van der Waals surface area contributed by atoms with Gasteiger partial charge in [-0.25, -0.2) is 9.67 Å². The van der Waals surface area contributed by atoms with Crippen LogP contribution in [0, 0.1) is 0 Å². The maximum Gasteiger partial charge on any atom is 0.211 e. The highest BCUT2D eigenvalue weighted by Gasteiger charge is 2.17. The Bertz CT molecular complexity index is 1350. The maximum absolute atomic E-state index is 13.4. The van der Waals surface area contributed by atoms with Gasteiger partial charge in [0.1, 0.15) is 18.4 Å². The molecular formula is C25H16ClN3O. The third kappa shape index (κ3) is 3.27. The lowest BCUT2D eigenvalue weighted by atomic mass is 9.95. The standard InChI is InChI=1S/C25H16ClN3O/c26-20-11-9-17(10-12-20)25(30)24(29-16-27-15-28-29)14-23-21-7-3-1-5-18(21)13-19-6-2-4-8-22(19)23/h1-16H. The van der Waals surface area contributed by atoms with E-state index in [2.05, 4.69) is 40.4 Å². The number of carbonyl (C=O) groups excluding carboxylic acids is 1. The molecule has 30 heavy (non-hydrogen) atoms. The lowest BCUT2D eigenvalue weighted by Crippen LogP contribution is -2.10. The first-order chi connectivity index (χ1) is 14.7. The Hall–Kier alpha value is -3.76. The topological polar surface area (TPSA) is 47.8 Å². The van der Waals surface area contributed by atoms with E-state index >= 15 is 0 Å². The minimum Gasteiger partial charge on any atom is -0.287 e. The fourth-order valence-electron chi connectivity index (χ4n) is 3.66. The number of ketones is 1. The second kappa shape index (κ2) is 7.58. The monoisotopic (exact) mass is 409 g/mol. The number of carbonyl (C=O) groups is 1. The number of allylic oxidation sites excluding steroid dienone is 1. The normalized spacial score (nSPS) is 11.8. The van der Waals surface area contributed by atoms with Gasteiger partial charge in [0.25, 0.3) is 0 Å². The van der Waals surface area contributed by atoms with Gasteiger partial charge in [-0.05, 0) is 63.5 Å². The average molecular weight is 410 g/mol. The van der Waals surface area contributed by atoms with Crippen LogP contribution >= 0.6 is 11.6 Å². The molecule has 4 nitrogen and oxygen atoms in total. The van der Waals surface area contributed by atoms with E-state index in [-0.39, 0.29) is 5.78 Å². The zero-order chi connectivity index (χ0) is 20.5. The number of fused-ring (bicyclic) bond motifs is 2. The van der Waals surface area contributed by atoms with E-state index in [0.717, 1.165) is 27.1 Å². The predicted octanol–water partition coefficient (Wildman–Crippen LogP) is 6.12. The highest BCUT2D eigenvalue weighted by atomic mass is 35.5. The lowest BCUT2D eigenvalue weighted by Gasteiger charge is -2.11. The molecule has 0 fully saturated rings. The molecule has 0 amide bonds. The number of hydrogen-bond donors (Lipinski definition) is 0. The van der Waals surface area contributed by atoms with Crippen LogP contribution in [0.2, 0.25) is 5.02 Å². The molecule has 0 aliphatic heterocycles. The van der Waals surface area contributed by atoms with Gasteiger partial charge in [-0.3, -0.25) is 4.79 Å². The van der Waals surface area contributed by atoms with Crippen LogP contribution in [0.25, 0.3) is 33.3 Å². The molecule has 4 aromatic carbocycles. The summed E-state index contributed by atoms with van der Waals surface area (Å²) in [7, 11) is 0. The quantitative estimate of drug-likeness (QED) is 0.204. The SMILES string of the molecule is O=C(C(=Cc1c2ccccc2cc2ccccc12)n1cncn1)c1ccc(Cl)cc1. The van der Waals surface area contributed by atoms with Gasteiger partial charge in [-0.1, -0.05) is 60.1 Å². The van der Waals surface area contributed by atoms with Crippen LogP contribution in [-0.2, 0) is 0 Å². The van der Waals surface area contributed by atoms with Crippen molar-refractivity contribution in [1.29, 1.82) is 0 Å². The summed E-state index contributed by atoms with van der Waals surface area (Å²) in [6, 6.07) is 25.4. The van der Waals surface area contributed by atoms with Crippen molar-refractivity contribution in [2.75, 3.05) is 0 Å². The molecule has 5 aromatic rings. The molecule has 5 rings (SSSR count). The zero-order valence-corrected chi connectivity index (χ0v) is 16.6. The average Bonchev–Trinajstić information content (AvgIpc) is 3.31. The Kier molecular flexibility index (Phi) is 4.62. The van der Waals surface area contributed by atoms with Gasteiger partial charge in [0.05, 0.1) is 0 Å². The molecule has 0 spiro atoms. The number of hydrogen-bond acceptors (Lipinski definition) is 3. The van der Waals surface area contributed by atoms with Crippen LogP contribution in [0.1, 0.15) is 15.9 Å². The minimum absolute atomic E-state index is 0.158. The lowest BCUT2D eigenvalue weighted by molar-refractivity contribution is 0.105. The summed E-state index contributed by atoms with van der Waals surface area (Å²) in [6.45, 7) is 0. The highest BCUT2D eigenvalue weighted by Crippen LogP contribution is 2.31. The Labute approximate surface area is 178 Å². The molecule has 5 heteroatoms. The van der Waals surface area contributed by atoms with Crippen LogP contribution in [0.4, 0.5) is 0 Å². The molecule has 0 radical (unpaired) electrons. The Morgan fingerprint density at radius 3 is 2.10 bits per heavy atom. The van der Waals surface area contributed by atoms with E-state index < -0.39 is 0 Å². The Morgan fingerprint density at radius 2 is 1.50 bits per heavy atom. The van der Waals surface area contributed by atoms with Gasteiger partial charge < -0.3 is 0 Å². The van der Waals surface area contributed by atoms with Crippen molar-refractivity contribution in [2.45, 2.75) is 0 Å². The molecule has 0 bridgehead atoms. The second-order valence-electron chi connectivity index (χ2n) is 6.94. The fourth-order valence-corrected chi connectivity index (χ4v) is 3.78. The van der Waals surface area contributed by atoms with E-state index in [1.165, 1.54) is 17.3 Å². The third-order valence-corrected chi connectivity index (χ3v) is 5.35. The summed E-state index contributed by atoms with van der Waals surface area (Å²) in [5, 5.41) is 9.16. The van der Waals surface area contributed by atoms with Gasteiger partial charge in [-0.15, -0.1) is 0 Å². The van der Waals surface area contributed by atoms with Gasteiger partial charge in [0.15, 0.2) is 0 Å². The van der Waals surface area contributed by atoms with E-state index in [1.54, 1.807) is 24.3 Å². The van der Waals surface area contributed by atoms with Gasteiger partial charge in [-0.2, -0.15) is 5.10 Å². The zero-order valence-electron chi connectivity index (χ0n) is 15.9. The Morgan fingerprint density at radius 1 is 0.867 bits per heavy atom. The van der Waals surface area contributed by atoms with Crippen molar-refractivity contribution < 1.29 is 4.79 Å². The number of halogens is 1. The number of Topliss-reactive ketones (excluding diaryl/α,β-unsaturated/α-hetero) is 1. The third-order valence-electron chi connectivity index (χ3n) is 5.10. The first-order valence-corrected chi connectivity index (χ1v) is 9.86. The van der Waals surface area contributed by atoms with E-state index in [1.807, 2.05) is 30.3 Å². The first kappa shape index (κ1) is 18.3. The fraction of sp³-hybridized carbons (Fsp3) is 0. The molecule has 0 aliphatic rings. The second-order valence-corrected chi connectivity index (χ2v) is 7.37. The first-order valence-electron chi connectivity index (χ1n) is 9.48. The van der Waals surface area contributed by atoms with Crippen molar-refractivity contribution >= 4 is 50.7 Å². The van der Waals surface area contributed by atoms with Crippen molar-refractivity contribution in [1.82, 2.24) is 14.8 Å². The van der Waals surface area contributed by atoms with Crippen LogP contribution < -0.4 is 0 Å². The molecule has 144 valence electrons. The summed E-state index contributed by atoms with van der Waals surface area (Å²) in [5.41, 5.74) is 1.92. The summed E-state index contributed by atoms with van der Waals surface area (Å²) in [6.07, 6.45) is 4.85. The summed E-state index contributed by atoms with van der Waals surface area (Å²) in [4.78, 5) is 17.5. The van der Waals surface area contributed by atoms with Gasteiger partial charge in [0, 0.05) is 10.6 Å². The smallest absolute Gasteiger partial charge is 0.211 e. The molecule has 0 unspecified atom stereocenters. The number of nitrogens with zero attached hydrogens (tertiary/aromatic N) is 3. The molecule has 1 heterocycles. The molecular weight excluding hydrogens is 394 g/mol. The van der Waals surface area contributed by atoms with Crippen molar-refractivity contribution in [3.8, 4) is 0 Å². The summed E-state index contributed by atoms with van der Waals surface area (Å²) < 4.78 is 1.51. The van der Waals surface area contributed by atoms with Crippen molar-refractivity contribution in [3.63, 3.8) is 0 Å². The Balaban J connectivity index is 1.79. The van der Waals surface area contributed by atoms with Crippen LogP contribution in [0.3, 0.4) is 0 Å². The number of rotatable bonds is 4. The largest absolute Gasteiger partial charge is 0.287 e. The summed E-state index contributed by atoms with van der Waals surface area (Å²) >= 11 is 6.00. The molecule has 1 aromatic heterocycles. The number of aromatic nitrogens is 3. The summed E-state index contributed by atoms with van der Waals surface area (Å²) in [5.74, 6) is -0.158. The van der Waals surface area contributed by atoms with Crippen LogP contribution in [0.15, 0.2) is 91.5 Å². The van der Waals surface area contributed by atoms with Crippen molar-refractivity contribution in [3.05, 3.63) is 108 Å². The molecule has 0 saturated carbocycles. The van der Waals surface area contributed by atoms with Gasteiger partial charge in [0.2, 0.25) is 5.78 Å². The molecule has 0 aliphatic carbocycles. The van der Waals surface area contributed by atoms with Crippen LogP contribution in [0.5, 0.6) is 0 Å². The maximum atomic E-state index is 13.4. The predicted molar refractivity (Wildman–Crippen MR) is 121 cm³/mol. The van der Waals surface area contributed by atoms with Crippen LogP contribution in [-0.4, -0.2) is 20.5 Å². The molecule has 0 atom stereocenters. The number of benzene rings is 4.